The Morgan fingerprint density at radius 2 is 1.96 bits per heavy atom. The van der Waals surface area contributed by atoms with Gasteiger partial charge in [-0.25, -0.2) is 9.37 Å². The van der Waals surface area contributed by atoms with Gasteiger partial charge in [0.2, 0.25) is 0 Å². The molecule has 9 heteroatoms. The molecule has 1 amide bonds. The maximum absolute atomic E-state index is 13.3. The lowest BCUT2D eigenvalue weighted by Gasteiger charge is -2.12. The zero-order chi connectivity index (χ0) is 18.2. The summed E-state index contributed by atoms with van der Waals surface area (Å²) in [4.78, 5) is 20.8. The Morgan fingerprint density at radius 1 is 1.23 bits per heavy atom. The summed E-state index contributed by atoms with van der Waals surface area (Å²) >= 11 is 1.33. The summed E-state index contributed by atoms with van der Waals surface area (Å²) in [5.41, 5.74) is 3.98. The van der Waals surface area contributed by atoms with Crippen LogP contribution in [-0.2, 0) is 6.54 Å². The molecular formula is C17H23FIN5OS. The molecule has 142 valence electrons. The van der Waals surface area contributed by atoms with Crippen molar-refractivity contribution < 1.29 is 9.18 Å². The van der Waals surface area contributed by atoms with Crippen LogP contribution in [-0.4, -0.2) is 37.0 Å². The highest BCUT2D eigenvalue weighted by Crippen LogP contribution is 2.11. The molecular weight excluding hydrogens is 468 g/mol. The van der Waals surface area contributed by atoms with Crippen LogP contribution in [0.3, 0.4) is 0 Å². The minimum Gasteiger partial charge on any atom is -0.355 e. The third-order valence-corrected chi connectivity index (χ3v) is 4.49. The van der Waals surface area contributed by atoms with Crippen molar-refractivity contribution >= 4 is 47.2 Å². The Balaban J connectivity index is 0.00000338. The van der Waals surface area contributed by atoms with Gasteiger partial charge in [-0.3, -0.25) is 9.79 Å². The molecule has 0 saturated heterocycles. The maximum atomic E-state index is 13.3. The van der Waals surface area contributed by atoms with E-state index in [9.17, 15) is 9.18 Å². The summed E-state index contributed by atoms with van der Waals surface area (Å²) in [5, 5.41) is 9.11. The number of aliphatic imine (C=N–C) groups is 1. The molecule has 26 heavy (non-hydrogen) atoms. The molecule has 2 aromatic rings. The largest absolute Gasteiger partial charge is 0.355 e. The smallest absolute Gasteiger partial charge is 0.263 e. The van der Waals surface area contributed by atoms with Crippen molar-refractivity contribution in [3.8, 4) is 0 Å². The van der Waals surface area contributed by atoms with E-state index in [1.165, 1.54) is 17.4 Å². The van der Waals surface area contributed by atoms with Crippen molar-refractivity contribution in [3.63, 3.8) is 0 Å². The highest BCUT2D eigenvalue weighted by molar-refractivity contribution is 14.0. The topological polar surface area (TPSA) is 78.4 Å². The first-order valence-corrected chi connectivity index (χ1v) is 8.77. The lowest BCUT2D eigenvalue weighted by atomic mass is 10.1. The first-order chi connectivity index (χ1) is 12.0. The summed E-state index contributed by atoms with van der Waals surface area (Å²) < 4.78 is 13.3. The van der Waals surface area contributed by atoms with Crippen LogP contribution in [0.5, 0.6) is 0 Å². The number of nitrogens with zero attached hydrogens (tertiary/aromatic N) is 2. The third kappa shape index (κ3) is 6.52. The first kappa shape index (κ1) is 22.3. The average Bonchev–Trinajstić information content (AvgIpc) is 3.03. The van der Waals surface area contributed by atoms with Crippen molar-refractivity contribution in [1.29, 1.82) is 0 Å². The number of aromatic nitrogens is 1. The fourth-order valence-corrected chi connectivity index (χ4v) is 2.90. The van der Waals surface area contributed by atoms with Crippen molar-refractivity contribution in [2.24, 2.45) is 4.99 Å². The molecule has 0 aliphatic heterocycles. The van der Waals surface area contributed by atoms with Gasteiger partial charge in [0.25, 0.3) is 5.91 Å². The molecule has 6 nitrogen and oxygen atoms in total. The SMILES string of the molecule is CN=C(NCCNC(=O)c1scnc1C)NCc1ccc(F)c(C)c1.I. The molecule has 1 heterocycles. The highest BCUT2D eigenvalue weighted by Gasteiger charge is 2.10. The van der Waals surface area contributed by atoms with Gasteiger partial charge in [0.15, 0.2) is 5.96 Å². The lowest BCUT2D eigenvalue weighted by molar-refractivity contribution is 0.0957. The monoisotopic (exact) mass is 491 g/mol. The van der Waals surface area contributed by atoms with Gasteiger partial charge in [-0.05, 0) is 31.0 Å². The summed E-state index contributed by atoms with van der Waals surface area (Å²) in [6.07, 6.45) is 0. The number of hydrogen-bond donors (Lipinski definition) is 3. The Kier molecular flexibility index (Phi) is 9.49. The van der Waals surface area contributed by atoms with Gasteiger partial charge < -0.3 is 16.0 Å². The molecule has 2 rings (SSSR count). The molecule has 0 saturated carbocycles. The summed E-state index contributed by atoms with van der Waals surface area (Å²) in [6, 6.07) is 4.99. The zero-order valence-corrected chi connectivity index (χ0v) is 18.1. The maximum Gasteiger partial charge on any atom is 0.263 e. The van der Waals surface area contributed by atoms with E-state index in [0.29, 0.717) is 36.0 Å². The minimum atomic E-state index is -0.210. The molecule has 0 fully saturated rings. The van der Waals surface area contributed by atoms with E-state index in [1.807, 2.05) is 6.92 Å². The molecule has 3 N–H and O–H groups in total. The number of hydrogen-bond acceptors (Lipinski definition) is 4. The predicted octanol–water partition coefficient (Wildman–Crippen LogP) is 2.61. The number of benzene rings is 1. The van der Waals surface area contributed by atoms with Crippen LogP contribution >= 0.6 is 35.3 Å². The number of amides is 1. The van der Waals surface area contributed by atoms with Crippen molar-refractivity contribution in [2.45, 2.75) is 20.4 Å². The number of nitrogens with one attached hydrogen (secondary N) is 3. The highest BCUT2D eigenvalue weighted by atomic mass is 127. The quantitative estimate of drug-likeness (QED) is 0.251. The van der Waals surface area contributed by atoms with Crippen LogP contribution in [0.15, 0.2) is 28.7 Å². The van der Waals surface area contributed by atoms with Gasteiger partial charge in [-0.1, -0.05) is 12.1 Å². The van der Waals surface area contributed by atoms with Crippen LogP contribution in [0.2, 0.25) is 0 Å². The number of rotatable bonds is 6. The lowest BCUT2D eigenvalue weighted by Crippen LogP contribution is -2.41. The first-order valence-electron chi connectivity index (χ1n) is 7.89. The molecule has 0 spiro atoms. The second kappa shape index (κ2) is 11.1. The normalized spacial score (nSPS) is 10.8. The van der Waals surface area contributed by atoms with Gasteiger partial charge in [0.05, 0.1) is 11.2 Å². The number of guanidine groups is 1. The molecule has 0 bridgehead atoms. The van der Waals surface area contributed by atoms with Gasteiger partial charge in [0.1, 0.15) is 10.7 Å². The fraction of sp³-hybridized carbons (Fsp3) is 0.353. The zero-order valence-electron chi connectivity index (χ0n) is 14.9. The van der Waals surface area contributed by atoms with Gasteiger partial charge in [-0.2, -0.15) is 0 Å². The van der Waals surface area contributed by atoms with E-state index in [4.69, 9.17) is 0 Å². The predicted molar refractivity (Wildman–Crippen MR) is 114 cm³/mol. The van der Waals surface area contributed by atoms with E-state index in [1.54, 1.807) is 31.6 Å². The van der Waals surface area contributed by atoms with E-state index < -0.39 is 0 Å². The summed E-state index contributed by atoms with van der Waals surface area (Å²) in [7, 11) is 1.67. The Morgan fingerprint density at radius 3 is 2.58 bits per heavy atom. The molecule has 0 unspecified atom stereocenters. The Labute approximate surface area is 173 Å². The molecule has 0 aliphatic carbocycles. The van der Waals surface area contributed by atoms with Gasteiger partial charge in [-0.15, -0.1) is 35.3 Å². The number of carbonyl (C=O) groups excluding carboxylic acids is 1. The van der Waals surface area contributed by atoms with Crippen molar-refractivity contribution in [3.05, 3.63) is 51.2 Å². The minimum absolute atomic E-state index is 0. The number of carbonyl (C=O) groups is 1. The third-order valence-electron chi connectivity index (χ3n) is 3.56. The van der Waals surface area contributed by atoms with E-state index >= 15 is 0 Å². The van der Waals surface area contributed by atoms with Crippen molar-refractivity contribution in [2.75, 3.05) is 20.1 Å². The molecule has 0 aliphatic rings. The second-order valence-corrected chi connectivity index (χ2v) is 6.31. The fourth-order valence-electron chi connectivity index (χ4n) is 2.18. The van der Waals surface area contributed by atoms with Crippen LogP contribution in [0.1, 0.15) is 26.5 Å². The summed E-state index contributed by atoms with van der Waals surface area (Å²) in [5.74, 6) is 0.287. The molecule has 0 atom stereocenters. The average molecular weight is 491 g/mol. The molecule has 0 radical (unpaired) electrons. The molecule has 1 aromatic heterocycles. The van der Waals surface area contributed by atoms with Crippen LogP contribution in [0, 0.1) is 19.7 Å². The van der Waals surface area contributed by atoms with Crippen LogP contribution in [0.4, 0.5) is 4.39 Å². The van der Waals surface area contributed by atoms with E-state index in [-0.39, 0.29) is 35.7 Å². The molecule has 1 aromatic carbocycles. The second-order valence-electron chi connectivity index (χ2n) is 5.46. The van der Waals surface area contributed by atoms with Crippen LogP contribution in [0.25, 0.3) is 0 Å². The van der Waals surface area contributed by atoms with Gasteiger partial charge in [0, 0.05) is 26.7 Å². The van der Waals surface area contributed by atoms with E-state index in [0.717, 1.165) is 11.3 Å². The van der Waals surface area contributed by atoms with Crippen LogP contribution < -0.4 is 16.0 Å². The Hall–Kier alpha value is -1.75. The van der Waals surface area contributed by atoms with Gasteiger partial charge >= 0.3 is 0 Å². The Bertz CT molecular complexity index is 765. The number of thiazole rings is 1. The summed E-state index contributed by atoms with van der Waals surface area (Å²) in [6.45, 7) is 5.08. The van der Waals surface area contributed by atoms with E-state index in [2.05, 4.69) is 25.9 Å². The van der Waals surface area contributed by atoms with Crippen molar-refractivity contribution in [1.82, 2.24) is 20.9 Å². The standard InChI is InChI=1S/C17H22FN5OS.HI/c1-11-8-13(4-5-14(11)18)9-22-17(19-3)21-7-6-20-16(24)15-12(2)23-10-25-15;/h4-5,8,10H,6-7,9H2,1-3H3,(H,20,24)(H2,19,21,22);1H. The number of aryl methyl sites for hydroxylation is 2. The number of halogens is 2.